The smallest absolute Gasteiger partial charge is 0.251 e. The summed E-state index contributed by atoms with van der Waals surface area (Å²) in [6.45, 7) is 4.00. The third-order valence-corrected chi connectivity index (χ3v) is 5.50. The molecule has 0 fully saturated rings. The van der Waals surface area contributed by atoms with E-state index in [1.807, 2.05) is 36.4 Å². The largest absolute Gasteiger partial charge is 0.497 e. The molecule has 0 atom stereocenters. The SMILES string of the molecule is COc1ccc(C(=O)NCCc2nc3ccccc3n2CCCOc2cccc(C)c2)cc1. The summed E-state index contributed by atoms with van der Waals surface area (Å²) in [6, 6.07) is 23.3. The number of amides is 1. The van der Waals surface area contributed by atoms with E-state index in [1.165, 1.54) is 5.56 Å². The second-order valence-corrected chi connectivity index (χ2v) is 7.92. The number of aryl methyl sites for hydroxylation is 2. The van der Waals surface area contributed by atoms with Crippen LogP contribution >= 0.6 is 0 Å². The Bertz CT molecular complexity index is 1220. The summed E-state index contributed by atoms with van der Waals surface area (Å²) in [6.07, 6.45) is 1.51. The van der Waals surface area contributed by atoms with Crippen molar-refractivity contribution in [1.29, 1.82) is 0 Å². The van der Waals surface area contributed by atoms with Gasteiger partial charge >= 0.3 is 0 Å². The predicted octanol–water partition coefficient (Wildman–Crippen LogP) is 4.79. The molecule has 1 aromatic heterocycles. The number of nitrogens with zero attached hydrogens (tertiary/aromatic N) is 2. The third kappa shape index (κ3) is 5.71. The molecule has 0 aliphatic heterocycles. The molecule has 0 radical (unpaired) electrons. The maximum Gasteiger partial charge on any atom is 0.251 e. The van der Waals surface area contributed by atoms with E-state index < -0.39 is 0 Å². The van der Waals surface area contributed by atoms with E-state index in [4.69, 9.17) is 14.5 Å². The summed E-state index contributed by atoms with van der Waals surface area (Å²) >= 11 is 0. The van der Waals surface area contributed by atoms with Crippen molar-refractivity contribution in [3.05, 3.63) is 89.7 Å². The lowest BCUT2D eigenvalue weighted by molar-refractivity contribution is 0.0954. The minimum absolute atomic E-state index is 0.105. The number of carbonyl (C=O) groups excluding carboxylic acids is 1. The minimum Gasteiger partial charge on any atom is -0.497 e. The van der Waals surface area contributed by atoms with Crippen LogP contribution in [0.5, 0.6) is 11.5 Å². The van der Waals surface area contributed by atoms with Crippen molar-refractivity contribution >= 4 is 16.9 Å². The monoisotopic (exact) mass is 443 g/mol. The minimum atomic E-state index is -0.105. The van der Waals surface area contributed by atoms with Crippen LogP contribution in [0.1, 0.15) is 28.2 Å². The average Bonchev–Trinajstić information content (AvgIpc) is 3.19. The molecule has 1 N–H and O–H groups in total. The second-order valence-electron chi connectivity index (χ2n) is 7.92. The molecule has 0 spiro atoms. The molecular weight excluding hydrogens is 414 g/mol. The van der Waals surface area contributed by atoms with Crippen LogP contribution in [0.15, 0.2) is 72.8 Å². The topological polar surface area (TPSA) is 65.4 Å². The van der Waals surface area contributed by atoms with Crippen molar-refractivity contribution in [2.75, 3.05) is 20.3 Å². The molecule has 0 aliphatic rings. The highest BCUT2D eigenvalue weighted by atomic mass is 16.5. The highest BCUT2D eigenvalue weighted by Gasteiger charge is 2.11. The number of aromatic nitrogens is 2. The van der Waals surface area contributed by atoms with Crippen molar-refractivity contribution in [3.8, 4) is 11.5 Å². The molecule has 6 nitrogen and oxygen atoms in total. The third-order valence-electron chi connectivity index (χ3n) is 5.50. The summed E-state index contributed by atoms with van der Waals surface area (Å²) in [5, 5.41) is 2.99. The molecule has 1 amide bonds. The normalized spacial score (nSPS) is 10.8. The summed E-state index contributed by atoms with van der Waals surface area (Å²) in [5.41, 5.74) is 3.86. The zero-order valence-corrected chi connectivity index (χ0v) is 19.1. The summed E-state index contributed by atoms with van der Waals surface area (Å²) in [4.78, 5) is 17.3. The molecule has 33 heavy (non-hydrogen) atoms. The Labute approximate surface area is 194 Å². The number of fused-ring (bicyclic) bond motifs is 1. The molecule has 1 heterocycles. The lowest BCUT2D eigenvalue weighted by Crippen LogP contribution is -2.26. The summed E-state index contributed by atoms with van der Waals surface area (Å²) < 4.78 is 13.3. The van der Waals surface area contributed by atoms with E-state index in [2.05, 4.69) is 28.9 Å². The quantitative estimate of drug-likeness (QED) is 0.358. The Kier molecular flexibility index (Phi) is 7.25. The van der Waals surface area contributed by atoms with Gasteiger partial charge in [0.15, 0.2) is 0 Å². The van der Waals surface area contributed by atoms with Gasteiger partial charge < -0.3 is 19.4 Å². The number of methoxy groups -OCH3 is 1. The number of rotatable bonds is 10. The highest BCUT2D eigenvalue weighted by molar-refractivity contribution is 5.94. The van der Waals surface area contributed by atoms with Crippen LogP contribution in [-0.4, -0.2) is 35.7 Å². The molecule has 0 saturated heterocycles. The number of nitrogens with one attached hydrogen (secondary N) is 1. The van der Waals surface area contributed by atoms with E-state index in [0.717, 1.165) is 41.3 Å². The zero-order chi connectivity index (χ0) is 23.0. The molecule has 3 aromatic carbocycles. The lowest BCUT2D eigenvalue weighted by Gasteiger charge is -2.11. The van der Waals surface area contributed by atoms with Crippen molar-refractivity contribution in [3.63, 3.8) is 0 Å². The van der Waals surface area contributed by atoms with Crippen LogP contribution in [0.25, 0.3) is 11.0 Å². The summed E-state index contributed by atoms with van der Waals surface area (Å²) in [5.74, 6) is 2.48. The molecule has 0 bridgehead atoms. The molecule has 4 rings (SSSR count). The Morgan fingerprint density at radius 1 is 1.00 bits per heavy atom. The number of ether oxygens (including phenoxy) is 2. The van der Waals surface area contributed by atoms with Gasteiger partial charge in [0, 0.05) is 25.1 Å². The lowest BCUT2D eigenvalue weighted by atomic mass is 10.2. The van der Waals surface area contributed by atoms with Gasteiger partial charge in [-0.15, -0.1) is 0 Å². The van der Waals surface area contributed by atoms with Gasteiger partial charge in [-0.3, -0.25) is 4.79 Å². The Morgan fingerprint density at radius 2 is 1.82 bits per heavy atom. The van der Waals surface area contributed by atoms with Crippen molar-refractivity contribution < 1.29 is 14.3 Å². The standard InChI is InChI=1S/C27H29N3O3/c1-20-7-5-8-23(19-20)33-18-6-17-30-25-10-4-3-9-24(25)29-26(30)15-16-28-27(31)21-11-13-22(32-2)14-12-21/h3-5,7-14,19H,6,15-18H2,1-2H3,(H,28,31). The van der Waals surface area contributed by atoms with E-state index in [0.29, 0.717) is 25.1 Å². The molecule has 4 aromatic rings. The number of para-hydroxylation sites is 2. The van der Waals surface area contributed by atoms with Gasteiger partial charge in [-0.1, -0.05) is 24.3 Å². The maximum absolute atomic E-state index is 12.5. The number of hydrogen-bond acceptors (Lipinski definition) is 4. The van der Waals surface area contributed by atoms with Crippen LogP contribution in [0.3, 0.4) is 0 Å². The van der Waals surface area contributed by atoms with Crippen LogP contribution < -0.4 is 14.8 Å². The van der Waals surface area contributed by atoms with Crippen LogP contribution in [0, 0.1) is 6.92 Å². The zero-order valence-electron chi connectivity index (χ0n) is 19.1. The van der Waals surface area contributed by atoms with E-state index in [-0.39, 0.29) is 5.91 Å². The molecule has 6 heteroatoms. The van der Waals surface area contributed by atoms with Crippen molar-refractivity contribution in [2.45, 2.75) is 26.3 Å². The van der Waals surface area contributed by atoms with Crippen LogP contribution in [-0.2, 0) is 13.0 Å². The molecule has 0 saturated carbocycles. The van der Waals surface area contributed by atoms with E-state index >= 15 is 0 Å². The fraction of sp³-hybridized carbons (Fsp3) is 0.259. The number of hydrogen-bond donors (Lipinski definition) is 1. The average molecular weight is 444 g/mol. The Hall–Kier alpha value is -3.80. The van der Waals surface area contributed by atoms with Crippen LogP contribution in [0.2, 0.25) is 0 Å². The van der Waals surface area contributed by atoms with Gasteiger partial charge in [-0.25, -0.2) is 4.98 Å². The van der Waals surface area contributed by atoms with Gasteiger partial charge in [0.25, 0.3) is 5.91 Å². The first-order valence-electron chi connectivity index (χ1n) is 11.2. The Balaban J connectivity index is 1.36. The molecule has 0 unspecified atom stereocenters. The number of benzene rings is 3. The second kappa shape index (κ2) is 10.7. The summed E-state index contributed by atoms with van der Waals surface area (Å²) in [7, 11) is 1.61. The van der Waals surface area contributed by atoms with Gasteiger partial charge in [0.05, 0.1) is 24.8 Å². The first kappa shape index (κ1) is 22.4. The van der Waals surface area contributed by atoms with Gasteiger partial charge in [-0.2, -0.15) is 0 Å². The van der Waals surface area contributed by atoms with Crippen LogP contribution in [0.4, 0.5) is 0 Å². The predicted molar refractivity (Wildman–Crippen MR) is 130 cm³/mol. The number of carbonyl (C=O) groups is 1. The fourth-order valence-corrected chi connectivity index (χ4v) is 3.82. The first-order chi connectivity index (χ1) is 16.1. The van der Waals surface area contributed by atoms with Crippen molar-refractivity contribution in [1.82, 2.24) is 14.9 Å². The maximum atomic E-state index is 12.5. The fourth-order valence-electron chi connectivity index (χ4n) is 3.82. The molecule has 170 valence electrons. The van der Waals surface area contributed by atoms with E-state index in [9.17, 15) is 4.79 Å². The molecule has 0 aliphatic carbocycles. The van der Waals surface area contributed by atoms with E-state index in [1.54, 1.807) is 31.4 Å². The van der Waals surface area contributed by atoms with Gasteiger partial charge in [0.2, 0.25) is 0 Å². The van der Waals surface area contributed by atoms with Gasteiger partial charge in [-0.05, 0) is 67.4 Å². The van der Waals surface area contributed by atoms with Gasteiger partial charge in [0.1, 0.15) is 17.3 Å². The molecular formula is C27H29N3O3. The number of imidazole rings is 1. The van der Waals surface area contributed by atoms with Crippen molar-refractivity contribution in [2.24, 2.45) is 0 Å². The Morgan fingerprint density at radius 3 is 2.61 bits per heavy atom. The highest BCUT2D eigenvalue weighted by Crippen LogP contribution is 2.18. The first-order valence-corrected chi connectivity index (χ1v) is 11.2.